The van der Waals surface area contributed by atoms with Gasteiger partial charge in [-0.15, -0.1) is 0 Å². The molecule has 0 heterocycles. The molecule has 1 N–H and O–H groups in total. The van der Waals surface area contributed by atoms with E-state index in [1.54, 1.807) is 6.07 Å². The summed E-state index contributed by atoms with van der Waals surface area (Å²) in [6.07, 6.45) is -0.0774. The molecule has 0 fully saturated rings. The standard InChI is InChI=1S/C16H16BrFO/c1-10-8-14(18)5-3-12(10)9-16(19)15-6-4-13(17)7-11(15)2/h3-8,16,19H,9H2,1-2H3. The summed E-state index contributed by atoms with van der Waals surface area (Å²) in [7, 11) is 0. The second-order valence-electron chi connectivity index (χ2n) is 4.79. The summed E-state index contributed by atoms with van der Waals surface area (Å²) in [4.78, 5) is 0. The number of benzene rings is 2. The molecule has 3 heteroatoms. The summed E-state index contributed by atoms with van der Waals surface area (Å²) in [5.41, 5.74) is 3.79. The summed E-state index contributed by atoms with van der Waals surface area (Å²) < 4.78 is 14.0. The zero-order valence-corrected chi connectivity index (χ0v) is 12.5. The lowest BCUT2D eigenvalue weighted by molar-refractivity contribution is 0.177. The van der Waals surface area contributed by atoms with Gasteiger partial charge in [0.2, 0.25) is 0 Å². The Morgan fingerprint density at radius 1 is 1.11 bits per heavy atom. The van der Waals surface area contributed by atoms with Crippen molar-refractivity contribution in [1.82, 2.24) is 0 Å². The molecular formula is C16H16BrFO. The van der Waals surface area contributed by atoms with E-state index >= 15 is 0 Å². The lowest BCUT2D eigenvalue weighted by Gasteiger charge is -2.15. The van der Waals surface area contributed by atoms with Gasteiger partial charge in [0, 0.05) is 10.9 Å². The molecule has 1 nitrogen and oxygen atoms in total. The van der Waals surface area contributed by atoms with Gasteiger partial charge >= 0.3 is 0 Å². The Hall–Kier alpha value is -1.19. The van der Waals surface area contributed by atoms with Crippen LogP contribution in [0, 0.1) is 19.7 Å². The molecule has 0 amide bonds. The van der Waals surface area contributed by atoms with Crippen LogP contribution in [0.1, 0.15) is 28.4 Å². The molecule has 0 aliphatic heterocycles. The van der Waals surface area contributed by atoms with Crippen LogP contribution in [0.25, 0.3) is 0 Å². The normalized spacial score (nSPS) is 12.5. The fraction of sp³-hybridized carbons (Fsp3) is 0.250. The monoisotopic (exact) mass is 322 g/mol. The van der Waals surface area contributed by atoms with Gasteiger partial charge in [-0.05, 0) is 60.4 Å². The molecule has 0 saturated heterocycles. The van der Waals surface area contributed by atoms with Crippen LogP contribution in [0.5, 0.6) is 0 Å². The quantitative estimate of drug-likeness (QED) is 0.883. The first-order chi connectivity index (χ1) is 8.97. The van der Waals surface area contributed by atoms with Gasteiger partial charge in [0.15, 0.2) is 0 Å². The van der Waals surface area contributed by atoms with E-state index in [1.165, 1.54) is 12.1 Å². The minimum Gasteiger partial charge on any atom is -0.388 e. The summed E-state index contributed by atoms with van der Waals surface area (Å²) in [6.45, 7) is 3.83. The van der Waals surface area contributed by atoms with Crippen LogP contribution in [-0.2, 0) is 6.42 Å². The molecular weight excluding hydrogens is 307 g/mol. The predicted molar refractivity (Wildman–Crippen MR) is 78.7 cm³/mol. The minimum atomic E-state index is -0.572. The van der Waals surface area contributed by atoms with Gasteiger partial charge in [-0.3, -0.25) is 0 Å². The first-order valence-corrected chi connectivity index (χ1v) is 6.96. The third-order valence-corrected chi connectivity index (χ3v) is 3.80. The van der Waals surface area contributed by atoms with E-state index in [0.29, 0.717) is 6.42 Å². The Bertz CT molecular complexity index is 595. The van der Waals surface area contributed by atoms with E-state index < -0.39 is 6.10 Å². The van der Waals surface area contributed by atoms with Crippen LogP contribution >= 0.6 is 15.9 Å². The van der Waals surface area contributed by atoms with Crippen LogP contribution in [0.4, 0.5) is 4.39 Å². The third kappa shape index (κ3) is 3.43. The van der Waals surface area contributed by atoms with Gasteiger partial charge in [-0.25, -0.2) is 4.39 Å². The molecule has 1 atom stereocenters. The molecule has 2 aromatic rings. The maximum absolute atomic E-state index is 13.0. The Morgan fingerprint density at radius 3 is 2.47 bits per heavy atom. The van der Waals surface area contributed by atoms with E-state index in [4.69, 9.17) is 0 Å². The molecule has 100 valence electrons. The number of aliphatic hydroxyl groups is 1. The second-order valence-corrected chi connectivity index (χ2v) is 5.71. The molecule has 0 spiro atoms. The van der Waals surface area contributed by atoms with Crippen LogP contribution < -0.4 is 0 Å². The van der Waals surface area contributed by atoms with Crippen molar-refractivity contribution in [3.63, 3.8) is 0 Å². The molecule has 0 aliphatic rings. The van der Waals surface area contributed by atoms with Crippen LogP contribution in [0.3, 0.4) is 0 Å². The lowest BCUT2D eigenvalue weighted by atomic mass is 9.95. The smallest absolute Gasteiger partial charge is 0.123 e. The van der Waals surface area contributed by atoms with E-state index in [1.807, 2.05) is 32.0 Å². The highest BCUT2D eigenvalue weighted by atomic mass is 79.9. The van der Waals surface area contributed by atoms with Gasteiger partial charge in [-0.1, -0.05) is 28.1 Å². The van der Waals surface area contributed by atoms with Crippen molar-refractivity contribution in [3.8, 4) is 0 Å². The number of rotatable bonds is 3. The maximum Gasteiger partial charge on any atom is 0.123 e. The van der Waals surface area contributed by atoms with Gasteiger partial charge in [0.05, 0.1) is 6.10 Å². The van der Waals surface area contributed by atoms with Crippen molar-refractivity contribution in [1.29, 1.82) is 0 Å². The van der Waals surface area contributed by atoms with E-state index in [-0.39, 0.29) is 5.82 Å². The molecule has 0 saturated carbocycles. The summed E-state index contributed by atoms with van der Waals surface area (Å²) in [5, 5.41) is 10.3. The summed E-state index contributed by atoms with van der Waals surface area (Å²) >= 11 is 3.41. The van der Waals surface area contributed by atoms with Crippen molar-refractivity contribution in [2.45, 2.75) is 26.4 Å². The van der Waals surface area contributed by atoms with Crippen molar-refractivity contribution in [2.24, 2.45) is 0 Å². The van der Waals surface area contributed by atoms with Gasteiger partial charge in [0.1, 0.15) is 5.82 Å². The van der Waals surface area contributed by atoms with Crippen molar-refractivity contribution < 1.29 is 9.50 Å². The molecule has 2 rings (SSSR count). The Labute approximate surface area is 121 Å². The average molecular weight is 323 g/mol. The SMILES string of the molecule is Cc1cc(F)ccc1CC(O)c1ccc(Br)cc1C. The maximum atomic E-state index is 13.0. The summed E-state index contributed by atoms with van der Waals surface area (Å²) in [5.74, 6) is -0.240. The van der Waals surface area contributed by atoms with Gasteiger partial charge in [0.25, 0.3) is 0 Å². The zero-order chi connectivity index (χ0) is 14.0. The second kappa shape index (κ2) is 5.85. The van der Waals surface area contributed by atoms with E-state index in [0.717, 1.165) is 26.7 Å². The lowest BCUT2D eigenvalue weighted by Crippen LogP contribution is -2.05. The number of halogens is 2. The molecule has 0 bridgehead atoms. The first kappa shape index (κ1) is 14.2. The minimum absolute atomic E-state index is 0.240. The van der Waals surface area contributed by atoms with Crippen LogP contribution in [-0.4, -0.2) is 5.11 Å². The molecule has 0 aliphatic carbocycles. The molecule has 0 aromatic heterocycles. The number of aryl methyl sites for hydroxylation is 2. The fourth-order valence-corrected chi connectivity index (χ4v) is 2.70. The zero-order valence-electron chi connectivity index (χ0n) is 11.0. The molecule has 19 heavy (non-hydrogen) atoms. The van der Waals surface area contributed by atoms with Crippen LogP contribution in [0.2, 0.25) is 0 Å². The van der Waals surface area contributed by atoms with Crippen molar-refractivity contribution in [3.05, 3.63) is 68.9 Å². The predicted octanol–water partition coefficient (Wildman–Crippen LogP) is 4.48. The highest BCUT2D eigenvalue weighted by molar-refractivity contribution is 9.10. The molecule has 1 unspecified atom stereocenters. The largest absolute Gasteiger partial charge is 0.388 e. The Morgan fingerprint density at radius 2 is 1.84 bits per heavy atom. The number of aliphatic hydroxyl groups excluding tert-OH is 1. The average Bonchev–Trinajstić information content (AvgIpc) is 2.32. The number of hydrogen-bond acceptors (Lipinski definition) is 1. The highest BCUT2D eigenvalue weighted by Gasteiger charge is 2.13. The van der Waals surface area contributed by atoms with Crippen molar-refractivity contribution >= 4 is 15.9 Å². The first-order valence-electron chi connectivity index (χ1n) is 6.16. The Kier molecular flexibility index (Phi) is 4.38. The van der Waals surface area contributed by atoms with Crippen LogP contribution in [0.15, 0.2) is 40.9 Å². The highest BCUT2D eigenvalue weighted by Crippen LogP contribution is 2.25. The topological polar surface area (TPSA) is 20.2 Å². The number of hydrogen-bond donors (Lipinski definition) is 1. The van der Waals surface area contributed by atoms with Gasteiger partial charge in [-0.2, -0.15) is 0 Å². The fourth-order valence-electron chi connectivity index (χ4n) is 2.22. The van der Waals surface area contributed by atoms with E-state index in [9.17, 15) is 9.50 Å². The molecule has 2 aromatic carbocycles. The van der Waals surface area contributed by atoms with E-state index in [2.05, 4.69) is 15.9 Å². The van der Waals surface area contributed by atoms with Crippen molar-refractivity contribution in [2.75, 3.05) is 0 Å². The molecule has 0 radical (unpaired) electrons. The Balaban J connectivity index is 2.23. The third-order valence-electron chi connectivity index (χ3n) is 3.31. The van der Waals surface area contributed by atoms with Gasteiger partial charge < -0.3 is 5.11 Å². The summed E-state index contributed by atoms with van der Waals surface area (Å²) in [6, 6.07) is 10.5.